The fraction of sp³-hybridized carbons (Fsp3) is 0.125. The molecule has 4 nitrogen and oxygen atoms in total. The predicted octanol–water partition coefficient (Wildman–Crippen LogP) is 6.44. The van der Waals surface area contributed by atoms with E-state index in [2.05, 4.69) is 0 Å². The monoisotopic (exact) mass is 460 g/mol. The lowest BCUT2D eigenvalue weighted by Crippen LogP contribution is -2.14. The first-order valence-electron chi connectivity index (χ1n) is 9.46. The average molecular weight is 461 g/mol. The summed E-state index contributed by atoms with van der Waals surface area (Å²) in [5.41, 5.74) is -1.22. The Morgan fingerprint density at radius 3 is 2.41 bits per heavy atom. The van der Waals surface area contributed by atoms with Gasteiger partial charge in [-0.15, -0.1) is 0 Å². The van der Waals surface area contributed by atoms with Crippen LogP contribution in [0.5, 0.6) is 11.5 Å². The number of fused-ring (bicyclic) bond motifs is 1. The van der Waals surface area contributed by atoms with Crippen LogP contribution in [0.1, 0.15) is 16.7 Å². The summed E-state index contributed by atoms with van der Waals surface area (Å²) in [6, 6.07) is 14.3. The second-order valence-corrected chi connectivity index (χ2v) is 7.57. The summed E-state index contributed by atoms with van der Waals surface area (Å²) in [5.74, 6) is 0.486. The molecule has 0 aliphatic carbocycles. The number of ether oxygens (including phenoxy) is 1. The molecular formula is C24H16ClF3O4. The predicted molar refractivity (Wildman–Crippen MR) is 115 cm³/mol. The third kappa shape index (κ3) is 4.16. The van der Waals surface area contributed by atoms with Gasteiger partial charge in [0.2, 0.25) is 0 Å². The van der Waals surface area contributed by atoms with Gasteiger partial charge in [-0.2, -0.15) is 13.2 Å². The third-order valence-electron chi connectivity index (χ3n) is 5.10. The van der Waals surface area contributed by atoms with Crippen molar-refractivity contribution in [2.24, 2.45) is 0 Å². The van der Waals surface area contributed by atoms with Gasteiger partial charge in [0.25, 0.3) is 0 Å². The molecule has 0 radical (unpaired) electrons. The molecule has 1 N–H and O–H groups in total. The zero-order valence-corrected chi connectivity index (χ0v) is 17.4. The number of phenols is 1. The second-order valence-electron chi connectivity index (χ2n) is 7.14. The van der Waals surface area contributed by atoms with E-state index in [9.17, 15) is 23.1 Å². The molecule has 4 rings (SSSR count). The van der Waals surface area contributed by atoms with Crippen molar-refractivity contribution in [1.82, 2.24) is 0 Å². The van der Waals surface area contributed by atoms with E-state index < -0.39 is 17.4 Å². The molecule has 0 fully saturated rings. The van der Waals surface area contributed by atoms with Gasteiger partial charge in [-0.05, 0) is 53.9 Å². The van der Waals surface area contributed by atoms with E-state index >= 15 is 0 Å². The Morgan fingerprint density at radius 1 is 1.03 bits per heavy atom. The average Bonchev–Trinajstić information content (AvgIpc) is 2.74. The van der Waals surface area contributed by atoms with Crippen LogP contribution in [0.25, 0.3) is 22.1 Å². The largest absolute Gasteiger partial charge is 0.508 e. The molecule has 0 aliphatic heterocycles. The SMILES string of the molecule is COc1ccc2c(Cc3ccc(O)cc3)c(-c3ccc(Cl)cc3C(F)(F)F)c(=O)oc2c1. The molecule has 0 amide bonds. The van der Waals surface area contributed by atoms with Crippen LogP contribution >= 0.6 is 11.6 Å². The molecule has 8 heteroatoms. The maximum atomic E-state index is 13.8. The normalized spacial score (nSPS) is 11.7. The first-order valence-corrected chi connectivity index (χ1v) is 9.84. The van der Waals surface area contributed by atoms with E-state index in [1.807, 2.05) is 0 Å². The number of methoxy groups -OCH3 is 1. The highest BCUT2D eigenvalue weighted by Gasteiger charge is 2.35. The summed E-state index contributed by atoms with van der Waals surface area (Å²) in [6.45, 7) is 0. The maximum Gasteiger partial charge on any atom is 0.417 e. The summed E-state index contributed by atoms with van der Waals surface area (Å²) < 4.78 is 52.1. The number of halogens is 4. The van der Waals surface area contributed by atoms with Crippen LogP contribution in [0.2, 0.25) is 5.02 Å². The maximum absolute atomic E-state index is 13.8. The molecule has 4 aromatic rings. The molecule has 1 heterocycles. The van der Waals surface area contributed by atoms with Crippen molar-refractivity contribution in [3.63, 3.8) is 0 Å². The van der Waals surface area contributed by atoms with Crippen molar-refractivity contribution < 1.29 is 27.4 Å². The summed E-state index contributed by atoms with van der Waals surface area (Å²) in [6.07, 6.45) is -4.61. The highest BCUT2D eigenvalue weighted by atomic mass is 35.5. The van der Waals surface area contributed by atoms with Crippen LogP contribution in [0.4, 0.5) is 13.2 Å². The lowest BCUT2D eigenvalue weighted by atomic mass is 9.91. The number of alkyl halides is 3. The lowest BCUT2D eigenvalue weighted by Gasteiger charge is -2.17. The van der Waals surface area contributed by atoms with Gasteiger partial charge in [0.1, 0.15) is 17.1 Å². The Hall–Kier alpha value is -3.45. The van der Waals surface area contributed by atoms with Gasteiger partial charge in [0.15, 0.2) is 0 Å². The van der Waals surface area contributed by atoms with Crippen LogP contribution < -0.4 is 10.4 Å². The van der Waals surface area contributed by atoms with E-state index in [4.69, 9.17) is 20.8 Å². The molecule has 0 saturated carbocycles. The van der Waals surface area contributed by atoms with Crippen LogP contribution in [-0.2, 0) is 12.6 Å². The molecule has 0 bridgehead atoms. The number of rotatable bonds is 4. The Balaban J connectivity index is 2.06. The highest BCUT2D eigenvalue weighted by molar-refractivity contribution is 6.30. The smallest absolute Gasteiger partial charge is 0.417 e. The van der Waals surface area contributed by atoms with Gasteiger partial charge in [-0.25, -0.2) is 4.79 Å². The fourth-order valence-electron chi connectivity index (χ4n) is 3.62. The molecule has 3 aromatic carbocycles. The minimum absolute atomic E-state index is 0.0493. The minimum atomic E-state index is -4.74. The molecule has 164 valence electrons. The number of benzene rings is 3. The van der Waals surface area contributed by atoms with Crippen LogP contribution in [0, 0.1) is 0 Å². The van der Waals surface area contributed by atoms with Crippen molar-refractivity contribution in [1.29, 1.82) is 0 Å². The van der Waals surface area contributed by atoms with Crippen molar-refractivity contribution in [3.8, 4) is 22.6 Å². The van der Waals surface area contributed by atoms with Crippen molar-refractivity contribution in [3.05, 3.63) is 92.8 Å². The van der Waals surface area contributed by atoms with Gasteiger partial charge < -0.3 is 14.3 Å². The molecule has 0 unspecified atom stereocenters. The topological polar surface area (TPSA) is 59.7 Å². The van der Waals surface area contributed by atoms with Crippen LogP contribution in [-0.4, -0.2) is 12.2 Å². The van der Waals surface area contributed by atoms with E-state index in [-0.39, 0.29) is 33.9 Å². The quantitative estimate of drug-likeness (QED) is 0.356. The van der Waals surface area contributed by atoms with Gasteiger partial charge in [0, 0.05) is 22.0 Å². The summed E-state index contributed by atoms with van der Waals surface area (Å²) >= 11 is 5.82. The number of aromatic hydroxyl groups is 1. The molecule has 0 aliphatic rings. The Morgan fingerprint density at radius 2 is 1.75 bits per heavy atom. The molecule has 0 atom stereocenters. The van der Waals surface area contributed by atoms with E-state index in [0.717, 1.165) is 6.07 Å². The zero-order chi connectivity index (χ0) is 23.0. The van der Waals surface area contributed by atoms with Gasteiger partial charge in [-0.1, -0.05) is 29.8 Å². The molecular weight excluding hydrogens is 445 g/mol. The molecule has 32 heavy (non-hydrogen) atoms. The van der Waals surface area contributed by atoms with Gasteiger partial charge in [-0.3, -0.25) is 0 Å². The fourth-order valence-corrected chi connectivity index (χ4v) is 3.79. The summed E-state index contributed by atoms with van der Waals surface area (Å²) in [5, 5.41) is 9.93. The first kappa shape index (κ1) is 21.8. The van der Waals surface area contributed by atoms with Gasteiger partial charge >= 0.3 is 11.8 Å². The zero-order valence-electron chi connectivity index (χ0n) is 16.7. The molecule has 0 spiro atoms. The van der Waals surface area contributed by atoms with E-state index in [1.165, 1.54) is 37.4 Å². The van der Waals surface area contributed by atoms with Crippen LogP contribution in [0.15, 0.2) is 69.9 Å². The van der Waals surface area contributed by atoms with Gasteiger partial charge in [0.05, 0.1) is 18.2 Å². The van der Waals surface area contributed by atoms with E-state index in [0.29, 0.717) is 22.3 Å². The van der Waals surface area contributed by atoms with E-state index in [1.54, 1.807) is 24.3 Å². The highest BCUT2D eigenvalue weighted by Crippen LogP contribution is 2.40. The Kier molecular flexibility index (Phi) is 5.60. The van der Waals surface area contributed by atoms with Crippen molar-refractivity contribution in [2.45, 2.75) is 12.6 Å². The molecule has 1 aromatic heterocycles. The van der Waals surface area contributed by atoms with Crippen molar-refractivity contribution >= 4 is 22.6 Å². The number of hydrogen-bond acceptors (Lipinski definition) is 4. The third-order valence-corrected chi connectivity index (χ3v) is 5.33. The Labute approximate surface area is 185 Å². The summed E-state index contributed by atoms with van der Waals surface area (Å²) in [7, 11) is 1.45. The van der Waals surface area contributed by atoms with Crippen LogP contribution in [0.3, 0.4) is 0 Å². The van der Waals surface area contributed by atoms with Crippen molar-refractivity contribution in [2.75, 3.05) is 7.11 Å². The Bertz CT molecular complexity index is 1360. The minimum Gasteiger partial charge on any atom is -0.508 e. The first-order chi connectivity index (χ1) is 15.2. The summed E-state index contributed by atoms with van der Waals surface area (Å²) in [4.78, 5) is 13.0. The molecule has 0 saturated heterocycles. The number of hydrogen-bond donors (Lipinski definition) is 1. The lowest BCUT2D eigenvalue weighted by molar-refractivity contribution is -0.137. The second kappa shape index (κ2) is 8.24. The standard InChI is InChI=1S/C24H16ClF3O4/c1-31-16-7-9-17-19(10-13-2-5-15(29)6-3-13)22(23(30)32-21(17)12-16)18-8-4-14(25)11-20(18)24(26,27)28/h2-9,11-12,29H,10H2,1H3. The number of phenolic OH excluding ortho intramolecular Hbond substituents is 1.